The third-order valence-electron chi connectivity index (χ3n) is 4.26. The third-order valence-corrected chi connectivity index (χ3v) is 5.01. The summed E-state index contributed by atoms with van der Waals surface area (Å²) in [4.78, 5) is 15.0. The molecule has 0 radical (unpaired) electrons. The smallest absolute Gasteiger partial charge is 0.257 e. The van der Waals surface area contributed by atoms with Gasteiger partial charge in [0.2, 0.25) is 0 Å². The molecule has 2 atom stereocenters. The molecule has 2 aliphatic heterocycles. The van der Waals surface area contributed by atoms with E-state index in [2.05, 4.69) is 15.9 Å². The van der Waals surface area contributed by atoms with Gasteiger partial charge in [0.1, 0.15) is 5.82 Å². The van der Waals surface area contributed by atoms with E-state index in [0.29, 0.717) is 4.83 Å². The third kappa shape index (κ3) is 2.31. The fourth-order valence-electron chi connectivity index (χ4n) is 3.38. The molecule has 2 unspecified atom stereocenters. The molecule has 2 heterocycles. The van der Waals surface area contributed by atoms with Crippen LogP contribution in [0.1, 0.15) is 41.6 Å². The molecule has 0 aromatic heterocycles. The number of hydrogen-bond acceptors (Lipinski definition) is 1. The van der Waals surface area contributed by atoms with Crippen LogP contribution >= 0.6 is 15.9 Å². The van der Waals surface area contributed by atoms with E-state index in [1.54, 1.807) is 12.1 Å². The van der Waals surface area contributed by atoms with Gasteiger partial charge in [-0.2, -0.15) is 0 Å². The summed E-state index contributed by atoms with van der Waals surface area (Å²) in [6.45, 7) is 1.88. The van der Waals surface area contributed by atoms with Crippen LogP contribution in [0.4, 0.5) is 4.39 Å². The molecule has 4 heteroatoms. The lowest BCUT2D eigenvalue weighted by Crippen LogP contribution is -2.47. The summed E-state index contributed by atoms with van der Waals surface area (Å²) >= 11 is 3.66. The number of benzene rings is 1. The van der Waals surface area contributed by atoms with E-state index in [4.69, 9.17) is 0 Å². The Bertz CT molecular complexity index is 505. The number of carbonyl (C=O) groups is 1. The normalized spacial score (nSPS) is 29.6. The zero-order chi connectivity index (χ0) is 13.6. The van der Waals surface area contributed by atoms with Crippen molar-refractivity contribution in [2.45, 2.75) is 49.5 Å². The Balaban J connectivity index is 1.90. The van der Waals surface area contributed by atoms with Crippen molar-refractivity contribution in [1.29, 1.82) is 0 Å². The summed E-state index contributed by atoms with van der Waals surface area (Å²) in [6, 6.07) is 5.30. The van der Waals surface area contributed by atoms with E-state index in [0.717, 1.165) is 31.2 Å². The maximum Gasteiger partial charge on any atom is 0.257 e. The highest BCUT2D eigenvalue weighted by Crippen LogP contribution is 2.39. The predicted octanol–water partition coefficient (Wildman–Crippen LogP) is 3.66. The lowest BCUT2D eigenvalue weighted by Gasteiger charge is -2.37. The predicted molar refractivity (Wildman–Crippen MR) is 76.1 cm³/mol. The number of fused-ring (bicyclic) bond motifs is 2. The lowest BCUT2D eigenvalue weighted by molar-refractivity contribution is 0.0598. The minimum atomic E-state index is -0.407. The number of halogens is 2. The van der Waals surface area contributed by atoms with Crippen LogP contribution in [0.3, 0.4) is 0 Å². The standard InChI is InChI=1S/C15H17BrFNO/c1-9-2-5-14(17)13(6-9)15(19)18-11-3-4-12(18)8-10(16)7-11/h2,5-6,10-12H,3-4,7-8H2,1H3. The summed E-state index contributed by atoms with van der Waals surface area (Å²) in [5.41, 5.74) is 1.15. The van der Waals surface area contributed by atoms with Gasteiger partial charge in [-0.15, -0.1) is 0 Å². The molecule has 2 saturated heterocycles. The van der Waals surface area contributed by atoms with E-state index < -0.39 is 5.82 Å². The second kappa shape index (κ2) is 4.89. The molecule has 1 aromatic rings. The van der Waals surface area contributed by atoms with Gasteiger partial charge in [0.15, 0.2) is 0 Å². The molecule has 2 nitrogen and oxygen atoms in total. The van der Waals surface area contributed by atoms with Gasteiger partial charge < -0.3 is 4.90 Å². The summed E-state index contributed by atoms with van der Waals surface area (Å²) in [7, 11) is 0. The van der Waals surface area contributed by atoms with Crippen molar-refractivity contribution in [2.75, 3.05) is 0 Å². The van der Waals surface area contributed by atoms with Gasteiger partial charge in [-0.05, 0) is 44.7 Å². The van der Waals surface area contributed by atoms with E-state index in [1.807, 2.05) is 11.8 Å². The van der Waals surface area contributed by atoms with E-state index >= 15 is 0 Å². The molecular weight excluding hydrogens is 309 g/mol. The van der Waals surface area contributed by atoms with Crippen molar-refractivity contribution < 1.29 is 9.18 Å². The van der Waals surface area contributed by atoms with Crippen LogP contribution in [0, 0.1) is 12.7 Å². The van der Waals surface area contributed by atoms with E-state index in [1.165, 1.54) is 6.07 Å². The van der Waals surface area contributed by atoms with Crippen LogP contribution in [0.15, 0.2) is 18.2 Å². The molecule has 19 heavy (non-hydrogen) atoms. The van der Waals surface area contributed by atoms with Gasteiger partial charge >= 0.3 is 0 Å². The maximum absolute atomic E-state index is 13.9. The molecule has 3 rings (SSSR count). The number of aryl methyl sites for hydroxylation is 1. The Morgan fingerprint density at radius 2 is 1.95 bits per heavy atom. The lowest BCUT2D eigenvalue weighted by atomic mass is 10.0. The first-order valence-corrected chi connectivity index (χ1v) is 7.70. The number of hydrogen-bond donors (Lipinski definition) is 0. The Hall–Kier alpha value is -0.900. The van der Waals surface area contributed by atoms with Crippen molar-refractivity contribution >= 4 is 21.8 Å². The number of amides is 1. The number of piperidine rings is 1. The molecule has 0 N–H and O–H groups in total. The number of rotatable bonds is 1. The van der Waals surface area contributed by atoms with Gasteiger partial charge in [-0.3, -0.25) is 4.79 Å². The first-order chi connectivity index (χ1) is 9.06. The average Bonchev–Trinajstić information content (AvgIpc) is 2.64. The number of nitrogens with zero attached hydrogens (tertiary/aromatic N) is 1. The van der Waals surface area contributed by atoms with Gasteiger partial charge in [0.25, 0.3) is 5.91 Å². The Kier molecular flexibility index (Phi) is 3.37. The van der Waals surface area contributed by atoms with Crippen LogP contribution < -0.4 is 0 Å². The first kappa shape index (κ1) is 13.1. The molecule has 0 aliphatic carbocycles. The van der Waals surface area contributed by atoms with Crippen molar-refractivity contribution in [2.24, 2.45) is 0 Å². The summed E-state index contributed by atoms with van der Waals surface area (Å²) < 4.78 is 13.9. The van der Waals surface area contributed by atoms with Gasteiger partial charge in [0, 0.05) is 16.9 Å². The van der Waals surface area contributed by atoms with Gasteiger partial charge in [-0.25, -0.2) is 4.39 Å². The quantitative estimate of drug-likeness (QED) is 0.721. The molecule has 2 bridgehead atoms. The van der Waals surface area contributed by atoms with E-state index in [-0.39, 0.29) is 23.6 Å². The average molecular weight is 326 g/mol. The number of alkyl halides is 1. The Morgan fingerprint density at radius 3 is 2.58 bits per heavy atom. The topological polar surface area (TPSA) is 20.3 Å². The molecule has 0 saturated carbocycles. The van der Waals surface area contributed by atoms with Crippen LogP contribution in [-0.2, 0) is 0 Å². The highest BCUT2D eigenvalue weighted by molar-refractivity contribution is 9.09. The van der Waals surface area contributed by atoms with Gasteiger partial charge in [0.05, 0.1) is 5.56 Å². The summed E-state index contributed by atoms with van der Waals surface area (Å²) in [5.74, 6) is -0.538. The summed E-state index contributed by atoms with van der Waals surface area (Å²) in [5, 5.41) is 0. The van der Waals surface area contributed by atoms with Crippen LogP contribution in [0.5, 0.6) is 0 Å². The zero-order valence-electron chi connectivity index (χ0n) is 10.9. The van der Waals surface area contributed by atoms with Crippen molar-refractivity contribution in [3.8, 4) is 0 Å². The largest absolute Gasteiger partial charge is 0.333 e. The van der Waals surface area contributed by atoms with Crippen LogP contribution in [0.25, 0.3) is 0 Å². The maximum atomic E-state index is 13.9. The zero-order valence-corrected chi connectivity index (χ0v) is 12.5. The first-order valence-electron chi connectivity index (χ1n) is 6.79. The second-order valence-electron chi connectivity index (χ2n) is 5.65. The highest BCUT2D eigenvalue weighted by atomic mass is 79.9. The van der Waals surface area contributed by atoms with Crippen LogP contribution in [0.2, 0.25) is 0 Å². The van der Waals surface area contributed by atoms with Crippen molar-refractivity contribution in [3.63, 3.8) is 0 Å². The SMILES string of the molecule is Cc1ccc(F)c(C(=O)N2C3CCC2CC(Br)C3)c1. The molecule has 2 fully saturated rings. The molecule has 1 amide bonds. The van der Waals surface area contributed by atoms with Gasteiger partial charge in [-0.1, -0.05) is 27.6 Å². The Labute approximate surface area is 121 Å². The monoisotopic (exact) mass is 325 g/mol. The van der Waals surface area contributed by atoms with Crippen LogP contribution in [-0.4, -0.2) is 27.7 Å². The molecule has 0 spiro atoms. The Morgan fingerprint density at radius 1 is 1.32 bits per heavy atom. The summed E-state index contributed by atoms with van der Waals surface area (Å²) in [6.07, 6.45) is 4.06. The molecule has 2 aliphatic rings. The van der Waals surface area contributed by atoms with E-state index in [9.17, 15) is 9.18 Å². The van der Waals surface area contributed by atoms with Crippen molar-refractivity contribution in [1.82, 2.24) is 4.90 Å². The minimum absolute atomic E-state index is 0.131. The molecule has 102 valence electrons. The highest BCUT2D eigenvalue weighted by Gasteiger charge is 2.43. The fourth-order valence-corrected chi connectivity index (χ4v) is 4.25. The second-order valence-corrected chi connectivity index (χ2v) is 6.94. The fraction of sp³-hybridized carbons (Fsp3) is 0.533. The van der Waals surface area contributed by atoms with Crippen molar-refractivity contribution in [3.05, 3.63) is 35.1 Å². The minimum Gasteiger partial charge on any atom is -0.333 e. The number of carbonyl (C=O) groups excluding carboxylic acids is 1. The molecular formula is C15H17BrFNO. The molecule has 1 aromatic carbocycles.